The first-order valence-corrected chi connectivity index (χ1v) is 14.0. The number of hydrogen-bond donors (Lipinski definition) is 1. The summed E-state index contributed by atoms with van der Waals surface area (Å²) < 4.78 is 28.0. The number of halogens is 2. The predicted octanol–water partition coefficient (Wildman–Crippen LogP) is 5.86. The van der Waals surface area contributed by atoms with E-state index in [1.165, 1.54) is 16.4 Å². The van der Waals surface area contributed by atoms with Crippen molar-refractivity contribution in [2.75, 3.05) is 23.1 Å². The molecule has 3 aromatic rings. The highest BCUT2D eigenvalue weighted by Gasteiger charge is 2.28. The van der Waals surface area contributed by atoms with Gasteiger partial charge in [-0.2, -0.15) is 11.8 Å². The molecule has 0 atom stereocenters. The highest BCUT2D eigenvalue weighted by molar-refractivity contribution is 7.98. The van der Waals surface area contributed by atoms with Crippen molar-refractivity contribution in [2.24, 2.45) is 0 Å². The molecular formula is C25H26Cl2N2O3S2. The van der Waals surface area contributed by atoms with Crippen LogP contribution in [0.3, 0.4) is 0 Å². The fraction of sp³-hybridized carbons (Fsp3) is 0.240. The number of aryl methyl sites for hydroxylation is 2. The van der Waals surface area contributed by atoms with Gasteiger partial charge in [0.25, 0.3) is 10.0 Å². The van der Waals surface area contributed by atoms with Crippen LogP contribution in [0, 0.1) is 13.8 Å². The van der Waals surface area contributed by atoms with Crippen LogP contribution in [0.4, 0.5) is 5.69 Å². The molecule has 0 unspecified atom stereocenters. The van der Waals surface area contributed by atoms with Gasteiger partial charge in [-0.1, -0.05) is 65.2 Å². The molecule has 1 amide bonds. The summed E-state index contributed by atoms with van der Waals surface area (Å²) in [6, 6.07) is 19.0. The summed E-state index contributed by atoms with van der Waals surface area (Å²) in [5.41, 5.74) is 3.25. The van der Waals surface area contributed by atoms with E-state index in [0.29, 0.717) is 33.8 Å². The highest BCUT2D eigenvalue weighted by atomic mass is 35.5. The van der Waals surface area contributed by atoms with Gasteiger partial charge in [0.1, 0.15) is 6.54 Å². The third-order valence-corrected chi connectivity index (χ3v) is 8.45. The SMILES string of the molecule is Cc1ccc(N(CC(=O)NCCSCc2ccc(Cl)cc2Cl)S(=O)(=O)c2ccccc2)c(C)c1. The second kappa shape index (κ2) is 12.0. The average molecular weight is 538 g/mol. The Labute approximate surface area is 215 Å². The quantitative estimate of drug-likeness (QED) is 0.329. The van der Waals surface area contributed by atoms with Crippen LogP contribution in [0.1, 0.15) is 16.7 Å². The van der Waals surface area contributed by atoms with Crippen molar-refractivity contribution in [3.8, 4) is 0 Å². The molecule has 0 bridgehead atoms. The Kier molecular flexibility index (Phi) is 9.31. The van der Waals surface area contributed by atoms with Gasteiger partial charge in [-0.3, -0.25) is 9.10 Å². The van der Waals surface area contributed by atoms with Gasteiger partial charge in [0.05, 0.1) is 10.6 Å². The fourth-order valence-electron chi connectivity index (χ4n) is 3.37. The summed E-state index contributed by atoms with van der Waals surface area (Å²) in [7, 11) is -3.92. The number of benzene rings is 3. The first-order chi connectivity index (χ1) is 16.2. The molecule has 1 N–H and O–H groups in total. The van der Waals surface area contributed by atoms with E-state index < -0.39 is 10.0 Å². The van der Waals surface area contributed by atoms with Crippen molar-refractivity contribution in [3.05, 3.63) is 93.5 Å². The molecule has 0 aliphatic heterocycles. The lowest BCUT2D eigenvalue weighted by atomic mass is 10.1. The van der Waals surface area contributed by atoms with Crippen LogP contribution >= 0.6 is 35.0 Å². The Morgan fingerprint density at radius 1 is 1.00 bits per heavy atom. The van der Waals surface area contributed by atoms with E-state index in [2.05, 4.69) is 5.32 Å². The van der Waals surface area contributed by atoms with Crippen molar-refractivity contribution in [2.45, 2.75) is 24.5 Å². The number of thioether (sulfide) groups is 1. The van der Waals surface area contributed by atoms with Crippen molar-refractivity contribution in [3.63, 3.8) is 0 Å². The van der Waals surface area contributed by atoms with Crippen LogP contribution in [-0.4, -0.2) is 33.2 Å². The zero-order valence-electron chi connectivity index (χ0n) is 18.9. The third-order valence-electron chi connectivity index (χ3n) is 5.08. The maximum Gasteiger partial charge on any atom is 0.264 e. The molecule has 0 aliphatic carbocycles. The normalized spacial score (nSPS) is 11.3. The van der Waals surface area contributed by atoms with Gasteiger partial charge in [-0.15, -0.1) is 0 Å². The summed E-state index contributed by atoms with van der Waals surface area (Å²) in [5, 5.41) is 4.03. The van der Waals surface area contributed by atoms with Crippen molar-refractivity contribution < 1.29 is 13.2 Å². The van der Waals surface area contributed by atoms with Gasteiger partial charge in [-0.05, 0) is 55.3 Å². The van der Waals surface area contributed by atoms with Gasteiger partial charge in [0.15, 0.2) is 0 Å². The molecular weight excluding hydrogens is 511 g/mol. The van der Waals surface area contributed by atoms with Crippen molar-refractivity contribution >= 4 is 56.6 Å². The summed E-state index contributed by atoms with van der Waals surface area (Å²) in [5.74, 6) is 0.965. The van der Waals surface area contributed by atoms with Crippen LogP contribution in [0.5, 0.6) is 0 Å². The molecule has 180 valence electrons. The van der Waals surface area contributed by atoms with E-state index in [-0.39, 0.29) is 17.3 Å². The number of amides is 1. The average Bonchev–Trinajstić information content (AvgIpc) is 2.79. The molecule has 34 heavy (non-hydrogen) atoms. The topological polar surface area (TPSA) is 66.5 Å². The van der Waals surface area contributed by atoms with Gasteiger partial charge < -0.3 is 5.32 Å². The number of rotatable bonds is 10. The van der Waals surface area contributed by atoms with E-state index >= 15 is 0 Å². The minimum Gasteiger partial charge on any atom is -0.354 e. The molecule has 0 saturated carbocycles. The van der Waals surface area contributed by atoms with Gasteiger partial charge in [-0.25, -0.2) is 8.42 Å². The minimum absolute atomic E-state index is 0.137. The third kappa shape index (κ3) is 6.92. The van der Waals surface area contributed by atoms with Crippen LogP contribution in [0.15, 0.2) is 71.6 Å². The summed E-state index contributed by atoms with van der Waals surface area (Å²) in [6.07, 6.45) is 0. The molecule has 0 aliphatic rings. The maximum absolute atomic E-state index is 13.4. The van der Waals surface area contributed by atoms with Crippen LogP contribution in [0.2, 0.25) is 10.0 Å². The zero-order valence-corrected chi connectivity index (χ0v) is 22.1. The summed E-state index contributed by atoms with van der Waals surface area (Å²) in [4.78, 5) is 12.9. The Morgan fingerprint density at radius 2 is 1.74 bits per heavy atom. The summed E-state index contributed by atoms with van der Waals surface area (Å²) in [6.45, 7) is 3.87. The molecule has 0 heterocycles. The molecule has 5 nitrogen and oxygen atoms in total. The number of nitrogens with zero attached hydrogens (tertiary/aromatic N) is 1. The molecule has 3 aromatic carbocycles. The lowest BCUT2D eigenvalue weighted by molar-refractivity contribution is -0.119. The van der Waals surface area contributed by atoms with Crippen LogP contribution in [0.25, 0.3) is 0 Å². The number of anilines is 1. The Hall–Kier alpha value is -2.19. The molecule has 0 saturated heterocycles. The van der Waals surface area contributed by atoms with Crippen LogP contribution in [-0.2, 0) is 20.6 Å². The largest absolute Gasteiger partial charge is 0.354 e. The first kappa shape index (κ1) is 26.4. The van der Waals surface area contributed by atoms with Crippen molar-refractivity contribution in [1.29, 1.82) is 0 Å². The number of sulfonamides is 1. The van der Waals surface area contributed by atoms with E-state index in [1.807, 2.05) is 32.0 Å². The zero-order chi connectivity index (χ0) is 24.7. The molecule has 0 aromatic heterocycles. The standard InChI is InChI=1S/C25H26Cl2N2O3S2/c1-18-8-11-24(19(2)14-18)29(34(31,32)22-6-4-3-5-7-22)16-25(30)28-12-13-33-17-20-9-10-21(26)15-23(20)27/h3-11,14-15H,12-13,16-17H2,1-2H3,(H,28,30). The number of hydrogen-bond acceptors (Lipinski definition) is 4. The number of carbonyl (C=O) groups is 1. The van der Waals surface area contributed by atoms with Gasteiger partial charge in [0, 0.05) is 28.1 Å². The minimum atomic E-state index is -3.92. The second-order valence-corrected chi connectivity index (χ2v) is 11.6. The van der Waals surface area contributed by atoms with E-state index in [0.717, 1.165) is 16.7 Å². The van der Waals surface area contributed by atoms with E-state index in [1.54, 1.807) is 48.2 Å². The number of nitrogens with one attached hydrogen (secondary N) is 1. The molecule has 0 spiro atoms. The molecule has 3 rings (SSSR count). The van der Waals surface area contributed by atoms with Gasteiger partial charge >= 0.3 is 0 Å². The lowest BCUT2D eigenvalue weighted by Gasteiger charge is -2.26. The summed E-state index contributed by atoms with van der Waals surface area (Å²) >= 11 is 13.7. The highest BCUT2D eigenvalue weighted by Crippen LogP contribution is 2.28. The van der Waals surface area contributed by atoms with Crippen molar-refractivity contribution in [1.82, 2.24) is 5.32 Å². The predicted molar refractivity (Wildman–Crippen MR) is 143 cm³/mol. The monoisotopic (exact) mass is 536 g/mol. The number of carbonyl (C=O) groups excluding carboxylic acids is 1. The van der Waals surface area contributed by atoms with E-state index in [9.17, 15) is 13.2 Å². The first-order valence-electron chi connectivity index (χ1n) is 10.6. The smallest absolute Gasteiger partial charge is 0.264 e. The fourth-order valence-corrected chi connectivity index (χ4v) is 6.30. The maximum atomic E-state index is 13.4. The van der Waals surface area contributed by atoms with Gasteiger partial charge in [0.2, 0.25) is 5.91 Å². The molecule has 0 radical (unpaired) electrons. The Balaban J connectivity index is 1.66. The van der Waals surface area contributed by atoms with E-state index in [4.69, 9.17) is 23.2 Å². The van der Waals surface area contributed by atoms with Crippen LogP contribution < -0.4 is 9.62 Å². The molecule has 9 heteroatoms. The Morgan fingerprint density at radius 3 is 2.41 bits per heavy atom. The molecule has 0 fully saturated rings. The Bertz CT molecular complexity index is 1250. The lowest BCUT2D eigenvalue weighted by Crippen LogP contribution is -2.41. The second-order valence-electron chi connectivity index (χ2n) is 7.75.